The number of hydrogen-bond acceptors (Lipinski definition) is 5. The van der Waals surface area contributed by atoms with Crippen molar-refractivity contribution in [3.63, 3.8) is 0 Å². The Balaban J connectivity index is 1.79. The highest BCUT2D eigenvalue weighted by molar-refractivity contribution is 6.30. The summed E-state index contributed by atoms with van der Waals surface area (Å²) in [4.78, 5) is 26.2. The van der Waals surface area contributed by atoms with E-state index in [1.54, 1.807) is 17.9 Å². The first kappa shape index (κ1) is 18.4. The van der Waals surface area contributed by atoms with Gasteiger partial charge in [0.1, 0.15) is 5.15 Å². The molecule has 0 aromatic carbocycles. The fraction of sp³-hybridized carbons (Fsp3) is 0.375. The summed E-state index contributed by atoms with van der Waals surface area (Å²) < 4.78 is 41.4. The van der Waals surface area contributed by atoms with E-state index in [0.717, 1.165) is 0 Å². The van der Waals surface area contributed by atoms with Crippen LogP contribution in [0.4, 0.5) is 13.2 Å². The number of nitrogens with zero attached hydrogens (tertiary/aromatic N) is 4. The van der Waals surface area contributed by atoms with Crippen molar-refractivity contribution < 1.29 is 22.7 Å². The minimum Gasteiger partial charge on any atom is -0.467 e. The maximum absolute atomic E-state index is 12.6. The third-order valence-corrected chi connectivity index (χ3v) is 4.34. The fourth-order valence-electron chi connectivity index (χ4n) is 2.67. The van der Waals surface area contributed by atoms with E-state index in [9.17, 15) is 18.0 Å². The number of aromatic nitrogens is 3. The molecule has 138 valence electrons. The number of hydrogen-bond donors (Lipinski definition) is 0. The number of rotatable bonds is 4. The van der Waals surface area contributed by atoms with E-state index in [1.807, 2.05) is 0 Å². The Hall–Kier alpha value is -2.42. The van der Waals surface area contributed by atoms with Crippen LogP contribution >= 0.6 is 11.6 Å². The van der Waals surface area contributed by atoms with E-state index in [-0.39, 0.29) is 29.2 Å². The van der Waals surface area contributed by atoms with Crippen molar-refractivity contribution in [2.24, 2.45) is 0 Å². The first-order valence-corrected chi connectivity index (χ1v) is 8.02. The molecule has 6 nitrogen and oxygen atoms in total. The Bertz CT molecular complexity index is 860. The third kappa shape index (κ3) is 3.57. The van der Waals surface area contributed by atoms with Crippen LogP contribution in [-0.4, -0.2) is 38.5 Å². The molecule has 0 spiro atoms. The molecule has 10 heteroatoms. The van der Waals surface area contributed by atoms with Gasteiger partial charge in [0.25, 0.3) is 5.91 Å². The molecule has 2 aromatic heterocycles. The number of carbonyl (C=O) groups is 1. The Morgan fingerprint density at radius 2 is 2.12 bits per heavy atom. The topological polar surface area (TPSA) is 68.2 Å². The average molecular weight is 387 g/mol. The highest BCUT2D eigenvalue weighted by atomic mass is 35.5. The highest BCUT2D eigenvalue weighted by Crippen LogP contribution is 2.33. The highest BCUT2D eigenvalue weighted by Gasteiger charge is 2.34. The van der Waals surface area contributed by atoms with Crippen LogP contribution in [0.15, 0.2) is 18.5 Å². The van der Waals surface area contributed by atoms with E-state index in [4.69, 9.17) is 11.6 Å². The first-order valence-electron chi connectivity index (χ1n) is 7.65. The normalized spacial score (nSPS) is 15.2. The number of fused-ring (bicyclic) bond motifs is 1. The number of aryl methyl sites for hydroxylation is 1. The fourth-order valence-corrected chi connectivity index (χ4v) is 2.89. The summed E-state index contributed by atoms with van der Waals surface area (Å²) in [6.45, 7) is 2.08. The van der Waals surface area contributed by atoms with Crippen LogP contribution in [-0.2, 0) is 6.54 Å². The summed E-state index contributed by atoms with van der Waals surface area (Å²) >= 11 is 6.04. The van der Waals surface area contributed by atoms with Crippen molar-refractivity contribution in [3.8, 4) is 5.88 Å². The molecule has 1 amide bonds. The molecule has 1 atom stereocenters. The number of ether oxygens (including phenoxy) is 1. The molecule has 1 aliphatic heterocycles. The predicted molar refractivity (Wildman–Crippen MR) is 85.9 cm³/mol. The van der Waals surface area contributed by atoms with Crippen molar-refractivity contribution in [1.82, 2.24) is 19.9 Å². The molecule has 0 fully saturated rings. The van der Waals surface area contributed by atoms with Gasteiger partial charge in [0.2, 0.25) is 5.88 Å². The van der Waals surface area contributed by atoms with Crippen LogP contribution in [0, 0.1) is 6.92 Å². The Morgan fingerprint density at radius 3 is 2.73 bits per heavy atom. The summed E-state index contributed by atoms with van der Waals surface area (Å²) in [5.74, 6) is -0.407. The van der Waals surface area contributed by atoms with Crippen LogP contribution < -0.4 is 4.74 Å². The molecule has 3 rings (SSSR count). The van der Waals surface area contributed by atoms with Crippen molar-refractivity contribution in [3.05, 3.63) is 46.1 Å². The number of carbonyl (C=O) groups excluding carboxylic acids is 1. The Labute approximate surface area is 152 Å². The van der Waals surface area contributed by atoms with Crippen LogP contribution in [0.3, 0.4) is 0 Å². The molecular formula is C16H14ClF3N4O2. The Morgan fingerprint density at radius 1 is 1.38 bits per heavy atom. The summed E-state index contributed by atoms with van der Waals surface area (Å²) in [6.07, 6.45) is -1.69. The van der Waals surface area contributed by atoms with E-state index in [0.29, 0.717) is 16.8 Å². The van der Waals surface area contributed by atoms with Gasteiger partial charge in [0.15, 0.2) is 6.61 Å². The van der Waals surface area contributed by atoms with Crippen molar-refractivity contribution in [2.45, 2.75) is 32.6 Å². The van der Waals surface area contributed by atoms with Gasteiger partial charge in [0, 0.05) is 17.3 Å². The number of pyridine rings is 1. The van der Waals surface area contributed by atoms with Gasteiger partial charge in [-0.3, -0.25) is 4.79 Å². The van der Waals surface area contributed by atoms with Crippen LogP contribution in [0.2, 0.25) is 5.15 Å². The van der Waals surface area contributed by atoms with Crippen LogP contribution in [0.5, 0.6) is 5.88 Å². The summed E-state index contributed by atoms with van der Waals surface area (Å²) in [5, 5.41) is 0.267. The number of amides is 1. The Kier molecular flexibility index (Phi) is 4.74. The smallest absolute Gasteiger partial charge is 0.422 e. The summed E-state index contributed by atoms with van der Waals surface area (Å²) in [7, 11) is 0. The van der Waals surface area contributed by atoms with Crippen LogP contribution in [0.1, 0.15) is 40.3 Å². The lowest BCUT2D eigenvalue weighted by molar-refractivity contribution is -0.154. The molecular weight excluding hydrogens is 373 g/mol. The SMILES string of the molecule is Cc1nc(C(C)N2Cc3c(ccnc3Cl)C2=O)cnc1OCC(F)(F)F. The second-order valence-corrected chi connectivity index (χ2v) is 6.18. The second kappa shape index (κ2) is 6.71. The maximum Gasteiger partial charge on any atom is 0.422 e. The standard InChI is InChI=1S/C16H14ClF3N4O2/c1-8-14(26-7-16(18,19)20)22-5-12(23-8)9(2)24-6-11-10(15(24)25)3-4-21-13(11)17/h3-5,9H,6-7H2,1-2H3. The van der Waals surface area contributed by atoms with Gasteiger partial charge >= 0.3 is 6.18 Å². The summed E-state index contributed by atoms with van der Waals surface area (Å²) in [5.41, 5.74) is 1.77. The van der Waals surface area contributed by atoms with E-state index < -0.39 is 18.8 Å². The molecule has 1 aliphatic rings. The van der Waals surface area contributed by atoms with Gasteiger partial charge in [-0.25, -0.2) is 15.0 Å². The molecule has 2 aromatic rings. The summed E-state index contributed by atoms with van der Waals surface area (Å²) in [6, 6.07) is 1.15. The lowest BCUT2D eigenvalue weighted by Crippen LogP contribution is -2.28. The molecule has 0 saturated carbocycles. The second-order valence-electron chi connectivity index (χ2n) is 5.83. The van der Waals surface area contributed by atoms with Gasteiger partial charge in [-0.05, 0) is 19.9 Å². The van der Waals surface area contributed by atoms with Gasteiger partial charge in [-0.1, -0.05) is 11.6 Å². The van der Waals surface area contributed by atoms with Gasteiger partial charge in [-0.2, -0.15) is 13.2 Å². The van der Waals surface area contributed by atoms with Crippen molar-refractivity contribution in [1.29, 1.82) is 0 Å². The molecule has 0 saturated heterocycles. The zero-order valence-corrected chi connectivity index (χ0v) is 14.6. The largest absolute Gasteiger partial charge is 0.467 e. The van der Waals surface area contributed by atoms with E-state index >= 15 is 0 Å². The molecule has 0 aliphatic carbocycles. The molecule has 3 heterocycles. The van der Waals surface area contributed by atoms with Crippen molar-refractivity contribution in [2.75, 3.05) is 6.61 Å². The van der Waals surface area contributed by atoms with Crippen molar-refractivity contribution >= 4 is 17.5 Å². The predicted octanol–water partition coefficient (Wildman–Crippen LogP) is 3.49. The zero-order valence-electron chi connectivity index (χ0n) is 13.8. The van der Waals surface area contributed by atoms with E-state index in [2.05, 4.69) is 19.7 Å². The van der Waals surface area contributed by atoms with Gasteiger partial charge in [-0.15, -0.1) is 0 Å². The van der Waals surface area contributed by atoms with Gasteiger partial charge < -0.3 is 9.64 Å². The lowest BCUT2D eigenvalue weighted by atomic mass is 10.2. The molecule has 0 radical (unpaired) electrons. The monoisotopic (exact) mass is 386 g/mol. The lowest BCUT2D eigenvalue weighted by Gasteiger charge is -2.24. The minimum absolute atomic E-state index is 0.193. The first-order chi connectivity index (χ1) is 12.2. The average Bonchev–Trinajstić information content (AvgIpc) is 2.91. The van der Waals surface area contributed by atoms with E-state index in [1.165, 1.54) is 19.3 Å². The van der Waals surface area contributed by atoms with Gasteiger partial charge in [0.05, 0.1) is 30.2 Å². The number of halogens is 4. The molecule has 0 N–H and O–H groups in total. The molecule has 0 bridgehead atoms. The van der Waals surface area contributed by atoms with Crippen LogP contribution in [0.25, 0.3) is 0 Å². The molecule has 1 unspecified atom stereocenters. The maximum atomic E-state index is 12.6. The quantitative estimate of drug-likeness (QED) is 0.752. The molecule has 26 heavy (non-hydrogen) atoms. The zero-order chi connectivity index (χ0) is 19.1. The number of alkyl halides is 3. The minimum atomic E-state index is -4.46. The third-order valence-electron chi connectivity index (χ3n) is 4.01.